The number of hydrogen-bond donors (Lipinski definition) is 3. The van der Waals surface area contributed by atoms with Crippen LogP contribution in [0.3, 0.4) is 0 Å². The average Bonchev–Trinajstić information content (AvgIpc) is 3.58. The molecule has 0 radical (unpaired) electrons. The molecule has 3 aliphatic rings. The number of aromatic amines is 1. The van der Waals surface area contributed by atoms with Crippen molar-refractivity contribution in [3.8, 4) is 0 Å². The summed E-state index contributed by atoms with van der Waals surface area (Å²) in [5.74, 6) is 2.64. The molecule has 200 valence electrons. The minimum absolute atomic E-state index is 0.141. The molecule has 11 nitrogen and oxygen atoms in total. The van der Waals surface area contributed by atoms with E-state index in [0.717, 1.165) is 38.0 Å². The van der Waals surface area contributed by atoms with Crippen molar-refractivity contribution in [3.05, 3.63) is 48.3 Å². The Hall–Kier alpha value is -3.51. The molecule has 2 saturated carbocycles. The van der Waals surface area contributed by atoms with Crippen LogP contribution in [-0.4, -0.2) is 78.4 Å². The third-order valence-corrected chi connectivity index (χ3v) is 8.86. The number of hydrogen-bond acceptors (Lipinski definition) is 9. The highest BCUT2D eigenvalue weighted by Crippen LogP contribution is 2.50. The van der Waals surface area contributed by atoms with E-state index in [1.807, 2.05) is 19.2 Å². The number of anilines is 4. The number of nitrogens with zero attached hydrogens (tertiary/aromatic N) is 5. The second-order valence-corrected chi connectivity index (χ2v) is 13.0. The Morgan fingerprint density at radius 2 is 1.97 bits per heavy atom. The zero-order chi connectivity index (χ0) is 26.5. The number of nitrogens with one attached hydrogen (secondary N) is 3. The summed E-state index contributed by atoms with van der Waals surface area (Å²) in [5.41, 5.74) is 1.90. The highest BCUT2D eigenvalue weighted by atomic mass is 32.2. The highest BCUT2D eigenvalue weighted by molar-refractivity contribution is 7.90. The van der Waals surface area contributed by atoms with E-state index in [-0.39, 0.29) is 22.8 Å². The fourth-order valence-corrected chi connectivity index (χ4v) is 6.25. The van der Waals surface area contributed by atoms with Gasteiger partial charge in [-0.3, -0.25) is 14.8 Å². The maximum Gasteiger partial charge on any atom is 0.238 e. The Bertz CT molecular complexity index is 1450. The first-order valence-corrected chi connectivity index (χ1v) is 14.8. The van der Waals surface area contributed by atoms with Crippen molar-refractivity contribution in [1.82, 2.24) is 25.1 Å². The topological polar surface area (TPSA) is 136 Å². The number of H-pyrrole nitrogens is 1. The molecule has 12 heteroatoms. The van der Waals surface area contributed by atoms with Gasteiger partial charge in [-0.15, -0.1) is 0 Å². The van der Waals surface area contributed by atoms with Crippen LogP contribution in [0.1, 0.15) is 37.3 Å². The Balaban J connectivity index is 0.974. The highest BCUT2D eigenvalue weighted by Gasteiger charge is 2.53. The Kier molecular flexibility index (Phi) is 6.10. The summed E-state index contributed by atoms with van der Waals surface area (Å²) in [5, 5.41) is 13.5. The van der Waals surface area contributed by atoms with Crippen LogP contribution in [-0.2, 0) is 14.6 Å². The van der Waals surface area contributed by atoms with E-state index in [9.17, 15) is 13.2 Å². The molecule has 6 rings (SSSR count). The third-order valence-electron chi connectivity index (χ3n) is 7.75. The van der Waals surface area contributed by atoms with Gasteiger partial charge in [-0.25, -0.2) is 13.4 Å². The number of carbonyl (C=O) groups excluding carboxylic acids is 1. The molecule has 0 unspecified atom stereocenters. The molecule has 3 N–H and O–H groups in total. The maximum absolute atomic E-state index is 12.5. The summed E-state index contributed by atoms with van der Waals surface area (Å²) < 4.78 is 23.5. The van der Waals surface area contributed by atoms with E-state index in [4.69, 9.17) is 4.98 Å². The smallest absolute Gasteiger partial charge is 0.238 e. The summed E-state index contributed by atoms with van der Waals surface area (Å²) in [4.78, 5) is 26.2. The minimum Gasteiger partial charge on any atom is -0.341 e. The Morgan fingerprint density at radius 1 is 1.18 bits per heavy atom. The van der Waals surface area contributed by atoms with E-state index in [1.165, 1.54) is 30.7 Å². The van der Waals surface area contributed by atoms with E-state index in [0.29, 0.717) is 29.4 Å². The molecule has 0 bridgehead atoms. The third kappa shape index (κ3) is 5.23. The van der Waals surface area contributed by atoms with Crippen molar-refractivity contribution in [3.63, 3.8) is 0 Å². The van der Waals surface area contributed by atoms with E-state index >= 15 is 0 Å². The molecule has 38 heavy (non-hydrogen) atoms. The number of sulfone groups is 1. The zero-order valence-electron chi connectivity index (χ0n) is 21.5. The first-order chi connectivity index (χ1) is 18.2. The number of aromatic nitrogens is 4. The van der Waals surface area contributed by atoms with Crippen LogP contribution in [0.4, 0.5) is 23.3 Å². The molecule has 3 fully saturated rings. The molecule has 1 aliphatic heterocycles. The molecule has 3 aromatic rings. The van der Waals surface area contributed by atoms with Crippen molar-refractivity contribution >= 4 is 39.0 Å². The van der Waals surface area contributed by atoms with Gasteiger partial charge in [-0.05, 0) is 55.4 Å². The van der Waals surface area contributed by atoms with Crippen molar-refractivity contribution in [2.24, 2.45) is 5.41 Å². The van der Waals surface area contributed by atoms with Gasteiger partial charge in [0.2, 0.25) is 11.9 Å². The molecule has 1 spiro atoms. The lowest BCUT2D eigenvalue weighted by Gasteiger charge is -2.60. The van der Waals surface area contributed by atoms with Gasteiger partial charge in [-0.1, -0.05) is 6.07 Å². The van der Waals surface area contributed by atoms with Crippen molar-refractivity contribution in [1.29, 1.82) is 0 Å². The monoisotopic (exact) mass is 536 g/mol. The van der Waals surface area contributed by atoms with E-state index in [2.05, 4.69) is 35.6 Å². The maximum atomic E-state index is 12.5. The largest absolute Gasteiger partial charge is 0.341 e. The predicted molar refractivity (Wildman–Crippen MR) is 144 cm³/mol. The first kappa shape index (κ1) is 24.8. The summed E-state index contributed by atoms with van der Waals surface area (Å²) in [6.45, 7) is 2.04. The fourth-order valence-electron chi connectivity index (χ4n) is 5.58. The molecule has 3 heterocycles. The number of likely N-dealkylation sites (tertiary alicyclic amines) is 1. The number of amides is 1. The molecular formula is C26H32N8O3S. The van der Waals surface area contributed by atoms with Gasteiger partial charge in [0.25, 0.3) is 0 Å². The molecule has 0 atom stereocenters. The lowest BCUT2D eigenvalue weighted by molar-refractivity contribution is -0.124. The van der Waals surface area contributed by atoms with Crippen LogP contribution >= 0.6 is 0 Å². The Labute approximate surface area is 222 Å². The van der Waals surface area contributed by atoms with Gasteiger partial charge in [0, 0.05) is 62.0 Å². The lowest BCUT2D eigenvalue weighted by atomic mass is 9.60. The molecule has 2 aromatic heterocycles. The van der Waals surface area contributed by atoms with Gasteiger partial charge in [0.15, 0.2) is 15.7 Å². The lowest BCUT2D eigenvalue weighted by Crippen LogP contribution is -2.67. The predicted octanol–water partition coefficient (Wildman–Crippen LogP) is 2.76. The van der Waals surface area contributed by atoms with Gasteiger partial charge in [0.1, 0.15) is 5.82 Å². The SMILES string of the molecule is CN(c1nccc(Nc2cc(C3CC3)[nH]n2)n1)C1CC2(C1)CN(CC(=O)Nc1cccc(S(C)(=O)=O)c1)C2. The summed E-state index contributed by atoms with van der Waals surface area (Å²) in [6, 6.07) is 10.6. The molecule has 1 saturated heterocycles. The van der Waals surface area contributed by atoms with Crippen molar-refractivity contribution < 1.29 is 13.2 Å². The summed E-state index contributed by atoms with van der Waals surface area (Å²) >= 11 is 0. The molecular weight excluding hydrogens is 504 g/mol. The fraction of sp³-hybridized carbons (Fsp3) is 0.462. The number of benzene rings is 1. The van der Waals surface area contributed by atoms with Crippen molar-refractivity contribution in [2.45, 2.75) is 42.5 Å². The Morgan fingerprint density at radius 3 is 2.71 bits per heavy atom. The standard InChI is InChI=1S/C26H32N8O3S/c1-33(25-27-9-8-22(30-25)29-23-11-21(31-32-23)17-6-7-17)19-12-26(13-19)15-34(16-26)14-24(35)28-18-4-3-5-20(10-18)38(2,36)37/h3-5,8-11,17,19H,6-7,12-16H2,1-2H3,(H,28,35)(H2,27,29,30,31,32). The minimum atomic E-state index is -3.32. The first-order valence-electron chi connectivity index (χ1n) is 12.9. The zero-order valence-corrected chi connectivity index (χ0v) is 22.3. The van der Waals surface area contributed by atoms with E-state index in [1.54, 1.807) is 18.3 Å². The quantitative estimate of drug-likeness (QED) is 0.377. The molecule has 2 aliphatic carbocycles. The number of carbonyl (C=O) groups is 1. The van der Waals surface area contributed by atoms with Crippen LogP contribution in [0.5, 0.6) is 0 Å². The van der Waals surface area contributed by atoms with E-state index < -0.39 is 9.84 Å². The second-order valence-electron chi connectivity index (χ2n) is 11.0. The van der Waals surface area contributed by atoms with Gasteiger partial charge in [0.05, 0.1) is 11.4 Å². The van der Waals surface area contributed by atoms with Gasteiger partial charge >= 0.3 is 0 Å². The van der Waals surface area contributed by atoms with Gasteiger partial charge in [-0.2, -0.15) is 10.1 Å². The molecule has 1 amide bonds. The van der Waals surface area contributed by atoms with Crippen LogP contribution < -0.4 is 15.5 Å². The second kappa shape index (κ2) is 9.35. The average molecular weight is 537 g/mol. The number of rotatable bonds is 9. The van der Waals surface area contributed by atoms with Crippen LogP contribution in [0.25, 0.3) is 0 Å². The summed E-state index contributed by atoms with van der Waals surface area (Å²) in [7, 11) is -1.29. The van der Waals surface area contributed by atoms with Crippen LogP contribution in [0.2, 0.25) is 0 Å². The van der Waals surface area contributed by atoms with Crippen LogP contribution in [0.15, 0.2) is 47.5 Å². The van der Waals surface area contributed by atoms with Crippen LogP contribution in [0, 0.1) is 5.41 Å². The van der Waals surface area contributed by atoms with Crippen molar-refractivity contribution in [2.75, 3.05) is 48.5 Å². The normalized spacial score (nSPS) is 19.0. The van der Waals surface area contributed by atoms with Gasteiger partial charge < -0.3 is 15.5 Å². The summed E-state index contributed by atoms with van der Waals surface area (Å²) in [6.07, 6.45) is 7.42. The molecule has 1 aromatic carbocycles.